The molecule has 0 saturated carbocycles. The minimum absolute atomic E-state index is 0.0174. The number of carbonyl (C=O) groups excluding carboxylic acids is 1. The summed E-state index contributed by atoms with van der Waals surface area (Å²) < 4.78 is 0. The zero-order chi connectivity index (χ0) is 13.5. The average Bonchev–Trinajstić information content (AvgIpc) is 2.39. The second-order valence-electron chi connectivity index (χ2n) is 4.48. The highest BCUT2D eigenvalue weighted by molar-refractivity contribution is 8.00. The Morgan fingerprint density at radius 3 is 2.44 bits per heavy atom. The monoisotopic (exact) mass is 266 g/mol. The van der Waals surface area contributed by atoms with Crippen molar-refractivity contribution in [1.82, 2.24) is 4.90 Å². The normalized spacial score (nSPS) is 14.0. The largest absolute Gasteiger partial charge is 0.348 e. The van der Waals surface area contributed by atoms with E-state index < -0.39 is 0 Å². The van der Waals surface area contributed by atoms with Crippen molar-refractivity contribution in [1.29, 1.82) is 0 Å². The summed E-state index contributed by atoms with van der Waals surface area (Å²) in [5.74, 6) is 0.630. The van der Waals surface area contributed by atoms with Crippen LogP contribution in [0.25, 0.3) is 0 Å². The number of nitrogens with two attached hydrogens (primary N) is 1. The molecule has 1 rings (SSSR count). The van der Waals surface area contributed by atoms with Gasteiger partial charge in [0.1, 0.15) is 0 Å². The molecule has 0 saturated heterocycles. The molecule has 4 heteroatoms. The number of nitrogens with zero attached hydrogens (tertiary/aromatic N) is 1. The molecule has 1 amide bonds. The SMILES string of the molecule is CCC(SCC(=O)N(C)C)C(N)c1ccccc1. The van der Waals surface area contributed by atoms with Crippen LogP contribution in [0, 0.1) is 0 Å². The van der Waals surface area contributed by atoms with E-state index in [4.69, 9.17) is 5.73 Å². The minimum Gasteiger partial charge on any atom is -0.348 e. The molecular weight excluding hydrogens is 244 g/mol. The molecule has 3 nitrogen and oxygen atoms in total. The van der Waals surface area contributed by atoms with E-state index in [1.807, 2.05) is 30.3 Å². The molecule has 0 radical (unpaired) electrons. The molecule has 1 aromatic rings. The van der Waals surface area contributed by atoms with Crippen LogP contribution in [-0.2, 0) is 4.79 Å². The summed E-state index contributed by atoms with van der Waals surface area (Å²) in [4.78, 5) is 13.2. The fraction of sp³-hybridized carbons (Fsp3) is 0.500. The number of carbonyl (C=O) groups is 1. The van der Waals surface area contributed by atoms with Gasteiger partial charge in [-0.1, -0.05) is 37.3 Å². The third-order valence-electron chi connectivity index (χ3n) is 2.91. The van der Waals surface area contributed by atoms with Crippen LogP contribution < -0.4 is 5.73 Å². The van der Waals surface area contributed by atoms with Crippen molar-refractivity contribution in [3.8, 4) is 0 Å². The van der Waals surface area contributed by atoms with E-state index >= 15 is 0 Å². The zero-order valence-electron chi connectivity index (χ0n) is 11.3. The fourth-order valence-corrected chi connectivity index (χ4v) is 2.89. The van der Waals surface area contributed by atoms with Gasteiger partial charge in [-0.15, -0.1) is 11.8 Å². The van der Waals surface area contributed by atoms with Crippen LogP contribution >= 0.6 is 11.8 Å². The van der Waals surface area contributed by atoms with Gasteiger partial charge in [-0.3, -0.25) is 4.79 Å². The third-order valence-corrected chi connectivity index (χ3v) is 4.38. The first-order valence-electron chi connectivity index (χ1n) is 6.18. The second kappa shape index (κ2) is 7.44. The molecular formula is C14H22N2OS. The van der Waals surface area contributed by atoms with Crippen molar-refractivity contribution < 1.29 is 4.79 Å². The molecule has 0 bridgehead atoms. The third kappa shape index (κ3) is 4.35. The summed E-state index contributed by atoms with van der Waals surface area (Å²) in [6.45, 7) is 2.11. The molecule has 0 aromatic heterocycles. The van der Waals surface area contributed by atoms with Gasteiger partial charge in [0.05, 0.1) is 5.75 Å². The first-order valence-corrected chi connectivity index (χ1v) is 7.23. The van der Waals surface area contributed by atoms with Crippen molar-refractivity contribution in [3.63, 3.8) is 0 Å². The van der Waals surface area contributed by atoms with Gasteiger partial charge in [0, 0.05) is 25.4 Å². The molecule has 0 aliphatic carbocycles. The lowest BCUT2D eigenvalue weighted by Crippen LogP contribution is -2.28. The van der Waals surface area contributed by atoms with E-state index in [1.165, 1.54) is 0 Å². The number of thioether (sulfide) groups is 1. The maximum atomic E-state index is 11.6. The first-order chi connectivity index (χ1) is 8.56. The maximum Gasteiger partial charge on any atom is 0.232 e. The molecule has 0 spiro atoms. The van der Waals surface area contributed by atoms with Crippen LogP contribution in [0.15, 0.2) is 30.3 Å². The fourth-order valence-electron chi connectivity index (χ4n) is 1.67. The molecule has 2 N–H and O–H groups in total. The van der Waals surface area contributed by atoms with Crippen LogP contribution in [0.5, 0.6) is 0 Å². The van der Waals surface area contributed by atoms with Gasteiger partial charge in [-0.05, 0) is 12.0 Å². The van der Waals surface area contributed by atoms with Crippen LogP contribution in [0.4, 0.5) is 0 Å². The highest BCUT2D eigenvalue weighted by Crippen LogP contribution is 2.27. The lowest BCUT2D eigenvalue weighted by atomic mass is 10.0. The van der Waals surface area contributed by atoms with Crippen molar-refractivity contribution >= 4 is 17.7 Å². The summed E-state index contributed by atoms with van der Waals surface area (Å²) >= 11 is 1.64. The molecule has 18 heavy (non-hydrogen) atoms. The Kier molecular flexibility index (Phi) is 6.22. The average molecular weight is 266 g/mol. The first kappa shape index (κ1) is 15.1. The van der Waals surface area contributed by atoms with Crippen LogP contribution in [-0.4, -0.2) is 35.9 Å². The van der Waals surface area contributed by atoms with Gasteiger partial charge in [0.25, 0.3) is 0 Å². The van der Waals surface area contributed by atoms with Crippen LogP contribution in [0.2, 0.25) is 0 Å². The van der Waals surface area contributed by atoms with E-state index in [1.54, 1.807) is 30.8 Å². The summed E-state index contributed by atoms with van der Waals surface area (Å²) in [5, 5.41) is 0.274. The molecule has 1 aromatic carbocycles. The molecule has 2 atom stereocenters. The predicted octanol–water partition coefficient (Wildman–Crippen LogP) is 2.29. The van der Waals surface area contributed by atoms with E-state index in [2.05, 4.69) is 6.92 Å². The lowest BCUT2D eigenvalue weighted by molar-refractivity contribution is -0.125. The smallest absolute Gasteiger partial charge is 0.232 e. The minimum atomic E-state index is -0.0174. The summed E-state index contributed by atoms with van der Waals surface area (Å²) in [7, 11) is 3.56. The molecule has 2 unspecified atom stereocenters. The second-order valence-corrected chi connectivity index (χ2v) is 5.71. The Bertz CT molecular complexity index is 367. The standard InChI is InChI=1S/C14H22N2OS/c1-4-12(18-10-13(17)16(2)3)14(15)11-8-6-5-7-9-11/h5-9,12,14H,4,10,15H2,1-3H3. The van der Waals surface area contributed by atoms with Gasteiger partial charge in [0.2, 0.25) is 5.91 Å². The van der Waals surface area contributed by atoms with E-state index in [-0.39, 0.29) is 17.2 Å². The highest BCUT2D eigenvalue weighted by atomic mass is 32.2. The van der Waals surface area contributed by atoms with E-state index in [9.17, 15) is 4.79 Å². The highest BCUT2D eigenvalue weighted by Gasteiger charge is 2.19. The summed E-state index contributed by atoms with van der Waals surface area (Å²) in [6.07, 6.45) is 0.960. The van der Waals surface area contributed by atoms with Crippen molar-refractivity contribution in [2.45, 2.75) is 24.6 Å². The Hall–Kier alpha value is -1.00. The number of rotatable bonds is 6. The van der Waals surface area contributed by atoms with Gasteiger partial charge < -0.3 is 10.6 Å². The van der Waals surface area contributed by atoms with E-state index in [0.29, 0.717) is 5.75 Å². The van der Waals surface area contributed by atoms with Gasteiger partial charge in [-0.2, -0.15) is 0 Å². The predicted molar refractivity (Wildman–Crippen MR) is 78.6 cm³/mol. The Labute approximate surface area is 114 Å². The molecule has 0 aliphatic heterocycles. The molecule has 0 aliphatic rings. The quantitative estimate of drug-likeness (QED) is 0.859. The number of hydrogen-bond acceptors (Lipinski definition) is 3. The number of hydrogen-bond donors (Lipinski definition) is 1. The van der Waals surface area contributed by atoms with Crippen LogP contribution in [0.1, 0.15) is 24.9 Å². The summed E-state index contributed by atoms with van der Waals surface area (Å²) in [6, 6.07) is 10.1. The lowest BCUT2D eigenvalue weighted by Gasteiger charge is -2.23. The molecule has 100 valence electrons. The Morgan fingerprint density at radius 2 is 1.94 bits per heavy atom. The number of amides is 1. The topological polar surface area (TPSA) is 46.3 Å². The number of benzene rings is 1. The molecule has 0 fully saturated rings. The Balaban J connectivity index is 2.58. The zero-order valence-corrected chi connectivity index (χ0v) is 12.1. The van der Waals surface area contributed by atoms with Gasteiger partial charge >= 0.3 is 0 Å². The Morgan fingerprint density at radius 1 is 1.33 bits per heavy atom. The van der Waals surface area contributed by atoms with Crippen molar-refractivity contribution in [2.24, 2.45) is 5.73 Å². The van der Waals surface area contributed by atoms with Crippen molar-refractivity contribution in [3.05, 3.63) is 35.9 Å². The maximum absolute atomic E-state index is 11.6. The van der Waals surface area contributed by atoms with Gasteiger partial charge in [-0.25, -0.2) is 0 Å². The molecule has 0 heterocycles. The van der Waals surface area contributed by atoms with Crippen molar-refractivity contribution in [2.75, 3.05) is 19.8 Å². The van der Waals surface area contributed by atoms with E-state index in [0.717, 1.165) is 12.0 Å². The van der Waals surface area contributed by atoms with Crippen LogP contribution in [0.3, 0.4) is 0 Å². The van der Waals surface area contributed by atoms with Gasteiger partial charge in [0.15, 0.2) is 0 Å². The summed E-state index contributed by atoms with van der Waals surface area (Å²) in [5.41, 5.74) is 7.40.